The molecular weight excluding hydrogens is 190 g/mol. The van der Waals surface area contributed by atoms with Crippen LogP contribution in [0.5, 0.6) is 0 Å². The first kappa shape index (κ1) is 12.2. The smallest absolute Gasteiger partial charge is 0.0945 e. The third-order valence-electron chi connectivity index (χ3n) is 2.34. The Kier molecular flexibility index (Phi) is 6.86. The van der Waals surface area contributed by atoms with Crippen molar-refractivity contribution in [3.8, 4) is 0 Å². The van der Waals surface area contributed by atoms with Gasteiger partial charge in [-0.2, -0.15) is 0 Å². The van der Waals surface area contributed by atoms with E-state index in [1.165, 1.54) is 0 Å². The monoisotopic (exact) mass is 211 g/mol. The summed E-state index contributed by atoms with van der Waals surface area (Å²) in [6.07, 6.45) is 9.98. The molecule has 1 heterocycles. The second kappa shape index (κ2) is 8.44. The summed E-state index contributed by atoms with van der Waals surface area (Å²) in [7, 11) is 0. The van der Waals surface area contributed by atoms with Gasteiger partial charge in [0.15, 0.2) is 0 Å². The maximum Gasteiger partial charge on any atom is 0.0945 e. The van der Waals surface area contributed by atoms with Crippen LogP contribution >= 0.6 is 0 Å². The Morgan fingerprint density at radius 3 is 2.73 bits per heavy atom. The van der Waals surface area contributed by atoms with Gasteiger partial charge in [-0.25, -0.2) is 4.98 Å². The van der Waals surface area contributed by atoms with Crippen molar-refractivity contribution < 1.29 is 5.11 Å². The summed E-state index contributed by atoms with van der Waals surface area (Å²) in [5.74, 6) is 0. The number of aliphatic hydroxyl groups excluding tert-OH is 1. The van der Waals surface area contributed by atoms with Gasteiger partial charge in [-0.15, -0.1) is 0 Å². The van der Waals surface area contributed by atoms with Gasteiger partial charge < -0.3 is 15.0 Å². The minimum absolute atomic E-state index is 0.320. The SMILES string of the molecule is OCCCCCNCCCn1ccnc1. The van der Waals surface area contributed by atoms with E-state index in [-0.39, 0.29) is 0 Å². The molecular formula is C11H21N3O. The Bertz CT molecular complexity index is 224. The molecule has 0 aromatic carbocycles. The Hall–Kier alpha value is -0.870. The first-order valence-electron chi connectivity index (χ1n) is 5.71. The predicted octanol–water partition coefficient (Wildman–Crippen LogP) is 1.03. The highest BCUT2D eigenvalue weighted by Crippen LogP contribution is 1.92. The Labute approximate surface area is 91.3 Å². The third kappa shape index (κ3) is 6.25. The summed E-state index contributed by atoms with van der Waals surface area (Å²) in [6, 6.07) is 0. The van der Waals surface area contributed by atoms with Crippen LogP contribution in [0.2, 0.25) is 0 Å². The first-order chi connectivity index (χ1) is 7.43. The van der Waals surface area contributed by atoms with Crippen molar-refractivity contribution in [2.45, 2.75) is 32.2 Å². The molecule has 0 aliphatic carbocycles. The highest BCUT2D eigenvalue weighted by Gasteiger charge is 1.91. The molecule has 0 saturated carbocycles. The number of nitrogens with zero attached hydrogens (tertiary/aromatic N) is 2. The molecule has 0 saturated heterocycles. The summed E-state index contributed by atoms with van der Waals surface area (Å²) < 4.78 is 2.09. The van der Waals surface area contributed by atoms with E-state index in [4.69, 9.17) is 5.11 Å². The molecule has 0 aliphatic rings. The van der Waals surface area contributed by atoms with Crippen LogP contribution in [0.25, 0.3) is 0 Å². The molecule has 0 fully saturated rings. The van der Waals surface area contributed by atoms with Crippen molar-refractivity contribution in [2.24, 2.45) is 0 Å². The van der Waals surface area contributed by atoms with Gasteiger partial charge in [0.2, 0.25) is 0 Å². The number of nitrogens with one attached hydrogen (secondary N) is 1. The number of aromatic nitrogens is 2. The fourth-order valence-corrected chi connectivity index (χ4v) is 1.47. The van der Waals surface area contributed by atoms with Gasteiger partial charge in [0.1, 0.15) is 0 Å². The molecule has 0 atom stereocenters. The van der Waals surface area contributed by atoms with E-state index in [1.54, 1.807) is 0 Å². The van der Waals surface area contributed by atoms with E-state index >= 15 is 0 Å². The number of imidazole rings is 1. The van der Waals surface area contributed by atoms with Gasteiger partial charge in [-0.1, -0.05) is 0 Å². The van der Waals surface area contributed by atoms with Crippen LogP contribution < -0.4 is 5.32 Å². The number of hydrogen-bond donors (Lipinski definition) is 2. The first-order valence-corrected chi connectivity index (χ1v) is 5.71. The molecule has 0 amide bonds. The molecule has 0 bridgehead atoms. The minimum Gasteiger partial charge on any atom is -0.396 e. The summed E-state index contributed by atoms with van der Waals surface area (Å²) in [4.78, 5) is 3.99. The lowest BCUT2D eigenvalue weighted by Crippen LogP contribution is -2.18. The number of unbranched alkanes of at least 4 members (excludes halogenated alkanes) is 2. The van der Waals surface area contributed by atoms with Gasteiger partial charge >= 0.3 is 0 Å². The maximum absolute atomic E-state index is 8.58. The lowest BCUT2D eigenvalue weighted by atomic mass is 10.2. The standard InChI is InChI=1S/C11H21N3O/c15-10-3-1-2-5-12-6-4-8-14-9-7-13-11-14/h7,9,11-12,15H,1-6,8,10H2. The van der Waals surface area contributed by atoms with E-state index in [1.807, 2.05) is 18.7 Å². The Morgan fingerprint density at radius 1 is 1.13 bits per heavy atom. The predicted molar refractivity (Wildman–Crippen MR) is 60.7 cm³/mol. The average molecular weight is 211 g/mol. The van der Waals surface area contributed by atoms with Crippen LogP contribution in [0, 0.1) is 0 Å². The van der Waals surface area contributed by atoms with E-state index < -0.39 is 0 Å². The van der Waals surface area contributed by atoms with E-state index in [2.05, 4.69) is 14.9 Å². The number of hydrogen-bond acceptors (Lipinski definition) is 3. The molecule has 0 radical (unpaired) electrons. The third-order valence-corrected chi connectivity index (χ3v) is 2.34. The second-order valence-corrected chi connectivity index (χ2v) is 3.69. The van der Waals surface area contributed by atoms with Crippen LogP contribution in [-0.2, 0) is 6.54 Å². The summed E-state index contributed by atoms with van der Waals surface area (Å²) in [5, 5.41) is 12.0. The largest absolute Gasteiger partial charge is 0.396 e. The van der Waals surface area contributed by atoms with Gasteiger partial charge in [-0.05, 0) is 38.8 Å². The topological polar surface area (TPSA) is 50.1 Å². The van der Waals surface area contributed by atoms with Crippen molar-refractivity contribution in [1.29, 1.82) is 0 Å². The van der Waals surface area contributed by atoms with Crippen LogP contribution in [0.1, 0.15) is 25.7 Å². The molecule has 1 aromatic rings. The molecule has 0 spiro atoms. The van der Waals surface area contributed by atoms with Crippen molar-refractivity contribution in [1.82, 2.24) is 14.9 Å². The zero-order valence-electron chi connectivity index (χ0n) is 9.23. The van der Waals surface area contributed by atoms with E-state index in [0.717, 1.165) is 45.3 Å². The molecule has 0 aliphatic heterocycles. The van der Waals surface area contributed by atoms with Crippen molar-refractivity contribution in [2.75, 3.05) is 19.7 Å². The number of rotatable bonds is 9. The molecule has 1 aromatic heterocycles. The molecule has 4 nitrogen and oxygen atoms in total. The normalized spacial score (nSPS) is 10.7. The molecule has 0 unspecified atom stereocenters. The van der Waals surface area contributed by atoms with Crippen LogP contribution in [-0.4, -0.2) is 34.4 Å². The molecule has 1 rings (SSSR count). The lowest BCUT2D eigenvalue weighted by molar-refractivity contribution is 0.283. The number of aliphatic hydroxyl groups is 1. The summed E-state index contributed by atoms with van der Waals surface area (Å²) in [6.45, 7) is 3.46. The highest BCUT2D eigenvalue weighted by atomic mass is 16.2. The van der Waals surface area contributed by atoms with Crippen LogP contribution in [0.3, 0.4) is 0 Å². The Balaban J connectivity index is 1.81. The highest BCUT2D eigenvalue weighted by molar-refractivity contribution is 4.73. The zero-order valence-corrected chi connectivity index (χ0v) is 9.23. The minimum atomic E-state index is 0.320. The Morgan fingerprint density at radius 2 is 2.00 bits per heavy atom. The lowest BCUT2D eigenvalue weighted by Gasteiger charge is -2.04. The van der Waals surface area contributed by atoms with Gasteiger partial charge in [0.25, 0.3) is 0 Å². The molecule has 15 heavy (non-hydrogen) atoms. The zero-order chi connectivity index (χ0) is 10.8. The van der Waals surface area contributed by atoms with E-state index in [9.17, 15) is 0 Å². The molecule has 86 valence electrons. The van der Waals surface area contributed by atoms with Crippen molar-refractivity contribution >= 4 is 0 Å². The van der Waals surface area contributed by atoms with Crippen LogP contribution in [0.15, 0.2) is 18.7 Å². The second-order valence-electron chi connectivity index (χ2n) is 3.69. The summed E-state index contributed by atoms with van der Waals surface area (Å²) >= 11 is 0. The quantitative estimate of drug-likeness (QED) is 0.600. The van der Waals surface area contributed by atoms with Crippen molar-refractivity contribution in [3.63, 3.8) is 0 Å². The van der Waals surface area contributed by atoms with Gasteiger partial charge in [0, 0.05) is 25.5 Å². The number of aryl methyl sites for hydroxylation is 1. The summed E-state index contributed by atoms with van der Waals surface area (Å²) in [5.41, 5.74) is 0. The van der Waals surface area contributed by atoms with E-state index in [0.29, 0.717) is 6.61 Å². The fraction of sp³-hybridized carbons (Fsp3) is 0.727. The average Bonchev–Trinajstić information content (AvgIpc) is 2.75. The molecule has 2 N–H and O–H groups in total. The van der Waals surface area contributed by atoms with Gasteiger partial charge in [-0.3, -0.25) is 0 Å². The maximum atomic E-state index is 8.58. The van der Waals surface area contributed by atoms with Gasteiger partial charge in [0.05, 0.1) is 6.33 Å². The van der Waals surface area contributed by atoms with Crippen LogP contribution in [0.4, 0.5) is 0 Å². The van der Waals surface area contributed by atoms with Crippen molar-refractivity contribution in [3.05, 3.63) is 18.7 Å². The fourth-order valence-electron chi connectivity index (χ4n) is 1.47. The molecule has 4 heteroatoms.